The Morgan fingerprint density at radius 1 is 1.19 bits per heavy atom. The van der Waals surface area contributed by atoms with Crippen molar-refractivity contribution in [2.75, 3.05) is 6.61 Å². The molecule has 0 saturated carbocycles. The molecule has 0 saturated heterocycles. The highest BCUT2D eigenvalue weighted by molar-refractivity contribution is 5.96. The smallest absolute Gasteiger partial charge is 0.331 e. The summed E-state index contributed by atoms with van der Waals surface area (Å²) in [5.41, 5.74) is 2.09. The molecule has 1 aromatic carbocycles. The fraction of sp³-hybridized carbons (Fsp3) is 0.333. The Hall–Kier alpha value is -3.20. The third-order valence-corrected chi connectivity index (χ3v) is 5.15. The van der Waals surface area contributed by atoms with Crippen molar-refractivity contribution in [2.24, 2.45) is 14.1 Å². The zero-order chi connectivity index (χ0) is 19.5. The minimum atomic E-state index is -0.432. The summed E-state index contributed by atoms with van der Waals surface area (Å²) in [5, 5.41) is 11.8. The number of nitro benzene ring substituents is 1. The van der Waals surface area contributed by atoms with E-state index < -0.39 is 16.2 Å². The van der Waals surface area contributed by atoms with E-state index in [9.17, 15) is 19.7 Å². The Labute approximate surface area is 153 Å². The molecule has 1 aliphatic rings. The van der Waals surface area contributed by atoms with Crippen LogP contribution >= 0.6 is 0 Å². The van der Waals surface area contributed by atoms with Crippen molar-refractivity contribution in [3.63, 3.8) is 0 Å². The number of hydrogen-bond donors (Lipinski definition) is 0. The molecule has 3 heterocycles. The van der Waals surface area contributed by atoms with Gasteiger partial charge in [-0.3, -0.25) is 24.0 Å². The molecule has 9 heteroatoms. The monoisotopic (exact) mass is 370 g/mol. The van der Waals surface area contributed by atoms with E-state index in [4.69, 9.17) is 4.74 Å². The van der Waals surface area contributed by atoms with Gasteiger partial charge in [0.2, 0.25) is 0 Å². The van der Waals surface area contributed by atoms with Crippen LogP contribution in [0.3, 0.4) is 0 Å². The van der Waals surface area contributed by atoms with Gasteiger partial charge < -0.3 is 9.30 Å². The molecule has 0 radical (unpaired) electrons. The number of nitro groups is 1. The summed E-state index contributed by atoms with van der Waals surface area (Å²) in [7, 11) is 3.04. The molecule has 2 aromatic heterocycles. The minimum absolute atomic E-state index is 0.00935. The first-order valence-corrected chi connectivity index (χ1v) is 8.47. The third-order valence-electron chi connectivity index (χ3n) is 5.15. The number of aromatic nitrogens is 3. The van der Waals surface area contributed by atoms with Crippen LogP contribution in [0, 0.1) is 17.0 Å². The van der Waals surface area contributed by atoms with Crippen LogP contribution in [0.5, 0.6) is 0 Å². The van der Waals surface area contributed by atoms with Crippen molar-refractivity contribution >= 4 is 16.6 Å². The lowest BCUT2D eigenvalue weighted by Gasteiger charge is -2.19. The van der Waals surface area contributed by atoms with Crippen LogP contribution in [0.15, 0.2) is 27.8 Å². The second-order valence-corrected chi connectivity index (χ2v) is 6.69. The Morgan fingerprint density at radius 2 is 1.93 bits per heavy atom. The van der Waals surface area contributed by atoms with Gasteiger partial charge >= 0.3 is 5.69 Å². The van der Waals surface area contributed by atoms with Crippen molar-refractivity contribution in [1.29, 1.82) is 0 Å². The SMILES string of the molecule is Cc1ccc(-c2c3c(=O)n(C)c(=O)n(C)c3c3n2CCOC3)cc1[N+](=O)[O-]. The van der Waals surface area contributed by atoms with E-state index in [1.807, 2.05) is 4.57 Å². The fourth-order valence-electron chi connectivity index (χ4n) is 3.76. The maximum absolute atomic E-state index is 13.0. The van der Waals surface area contributed by atoms with Gasteiger partial charge in [-0.05, 0) is 6.92 Å². The van der Waals surface area contributed by atoms with Gasteiger partial charge in [0.15, 0.2) is 0 Å². The van der Waals surface area contributed by atoms with Gasteiger partial charge in [-0.1, -0.05) is 12.1 Å². The number of benzene rings is 1. The van der Waals surface area contributed by atoms with E-state index in [1.165, 1.54) is 17.7 Å². The quantitative estimate of drug-likeness (QED) is 0.502. The molecule has 0 spiro atoms. The van der Waals surface area contributed by atoms with Gasteiger partial charge in [0.1, 0.15) is 0 Å². The van der Waals surface area contributed by atoms with E-state index >= 15 is 0 Å². The second kappa shape index (κ2) is 5.92. The first-order chi connectivity index (χ1) is 12.8. The molecule has 0 fully saturated rings. The molecule has 3 aromatic rings. The highest BCUT2D eigenvalue weighted by Crippen LogP contribution is 2.35. The van der Waals surface area contributed by atoms with Gasteiger partial charge in [0.05, 0.1) is 40.4 Å². The second-order valence-electron chi connectivity index (χ2n) is 6.69. The molecule has 0 bridgehead atoms. The van der Waals surface area contributed by atoms with Crippen molar-refractivity contribution in [1.82, 2.24) is 13.7 Å². The predicted octanol–water partition coefficient (Wildman–Crippen LogP) is 1.45. The average Bonchev–Trinajstić information content (AvgIpc) is 3.00. The van der Waals surface area contributed by atoms with Crippen molar-refractivity contribution in [2.45, 2.75) is 20.1 Å². The molecule has 0 N–H and O–H groups in total. The highest BCUT2D eigenvalue weighted by Gasteiger charge is 2.27. The van der Waals surface area contributed by atoms with E-state index in [0.29, 0.717) is 40.9 Å². The lowest BCUT2D eigenvalue weighted by molar-refractivity contribution is -0.385. The Morgan fingerprint density at radius 3 is 2.63 bits per heavy atom. The standard InChI is InChI=1S/C18H18N4O5/c1-10-4-5-11(8-12(10)22(25)26)15-14-16(13-9-27-7-6-21(13)15)19(2)18(24)20(3)17(14)23/h4-5,8H,6-7,9H2,1-3H3. The zero-order valence-electron chi connectivity index (χ0n) is 15.2. The first kappa shape index (κ1) is 17.2. The van der Waals surface area contributed by atoms with Gasteiger partial charge in [-0.15, -0.1) is 0 Å². The third kappa shape index (κ3) is 2.35. The topological polar surface area (TPSA) is 101 Å². The molecular weight excluding hydrogens is 352 g/mol. The number of ether oxygens (including phenoxy) is 1. The van der Waals surface area contributed by atoms with Crippen molar-refractivity contribution in [3.8, 4) is 11.3 Å². The lowest BCUT2D eigenvalue weighted by atomic mass is 10.1. The Bertz CT molecular complexity index is 1230. The lowest BCUT2D eigenvalue weighted by Crippen LogP contribution is -2.36. The van der Waals surface area contributed by atoms with E-state index in [2.05, 4.69) is 0 Å². The largest absolute Gasteiger partial charge is 0.373 e. The summed E-state index contributed by atoms with van der Waals surface area (Å²) in [4.78, 5) is 36.3. The molecule has 4 rings (SSSR count). The minimum Gasteiger partial charge on any atom is -0.373 e. The normalized spacial score (nSPS) is 13.7. The fourth-order valence-corrected chi connectivity index (χ4v) is 3.76. The molecule has 140 valence electrons. The van der Waals surface area contributed by atoms with Crippen LogP contribution in [0.25, 0.3) is 22.2 Å². The number of hydrogen-bond acceptors (Lipinski definition) is 5. The van der Waals surface area contributed by atoms with Gasteiger partial charge in [-0.25, -0.2) is 4.79 Å². The zero-order valence-corrected chi connectivity index (χ0v) is 15.2. The van der Waals surface area contributed by atoms with Crippen LogP contribution in [0.1, 0.15) is 11.3 Å². The average molecular weight is 370 g/mol. The maximum atomic E-state index is 13.0. The molecule has 1 aliphatic heterocycles. The van der Waals surface area contributed by atoms with Crippen LogP contribution in [-0.4, -0.2) is 25.2 Å². The maximum Gasteiger partial charge on any atom is 0.331 e. The van der Waals surface area contributed by atoms with Gasteiger partial charge in [-0.2, -0.15) is 0 Å². The van der Waals surface area contributed by atoms with Gasteiger partial charge in [0.25, 0.3) is 11.2 Å². The van der Waals surface area contributed by atoms with E-state index in [0.717, 1.165) is 10.3 Å². The van der Waals surface area contributed by atoms with Crippen molar-refractivity contribution in [3.05, 3.63) is 60.4 Å². The van der Waals surface area contributed by atoms with E-state index in [1.54, 1.807) is 26.1 Å². The van der Waals surface area contributed by atoms with Crippen LogP contribution in [0.2, 0.25) is 0 Å². The van der Waals surface area contributed by atoms with E-state index in [-0.39, 0.29) is 12.3 Å². The van der Waals surface area contributed by atoms with Crippen LogP contribution in [0.4, 0.5) is 5.69 Å². The summed E-state index contributed by atoms with van der Waals surface area (Å²) in [6.45, 7) is 2.90. The van der Waals surface area contributed by atoms with Crippen LogP contribution in [-0.2, 0) is 32.0 Å². The number of nitrogens with zero attached hydrogens (tertiary/aromatic N) is 4. The Kier molecular flexibility index (Phi) is 3.77. The Balaban J connectivity index is 2.20. The van der Waals surface area contributed by atoms with Crippen LogP contribution < -0.4 is 11.2 Å². The molecule has 0 atom stereocenters. The van der Waals surface area contributed by atoms with Crippen molar-refractivity contribution < 1.29 is 9.66 Å². The number of fused-ring (bicyclic) bond motifs is 3. The number of rotatable bonds is 2. The molecule has 9 nitrogen and oxygen atoms in total. The number of aryl methyl sites for hydroxylation is 2. The summed E-state index contributed by atoms with van der Waals surface area (Å²) in [6.07, 6.45) is 0. The summed E-state index contributed by atoms with van der Waals surface area (Å²) in [5.74, 6) is 0. The highest BCUT2D eigenvalue weighted by atomic mass is 16.6. The summed E-state index contributed by atoms with van der Waals surface area (Å²) < 4.78 is 9.97. The molecule has 0 amide bonds. The molecule has 27 heavy (non-hydrogen) atoms. The molecular formula is C18H18N4O5. The summed E-state index contributed by atoms with van der Waals surface area (Å²) in [6, 6.07) is 4.92. The molecule has 0 unspecified atom stereocenters. The summed E-state index contributed by atoms with van der Waals surface area (Å²) >= 11 is 0. The predicted molar refractivity (Wildman–Crippen MR) is 98.9 cm³/mol. The molecule has 0 aliphatic carbocycles. The first-order valence-electron chi connectivity index (χ1n) is 8.47. The van der Waals surface area contributed by atoms with Gasteiger partial charge in [0, 0.05) is 37.8 Å².